The molecular weight excluding hydrogens is 335 g/mol. The topological polar surface area (TPSA) is 99.1 Å². The summed E-state index contributed by atoms with van der Waals surface area (Å²) in [6, 6.07) is 0. The molecule has 24 heavy (non-hydrogen) atoms. The minimum atomic E-state index is -2.74. The van der Waals surface area contributed by atoms with Gasteiger partial charge in [0.05, 0.1) is 0 Å². The van der Waals surface area contributed by atoms with Gasteiger partial charge in [-0.3, -0.25) is 9.36 Å². The standard InChI is InChI=1S/C16H29O7P/c1-5-16(4,24(19)20)23-10-8-6-7-9-14(17)21-11-12-22-15(18)13(2)3/h24H,2,5-12H2,1,3-4H3,(H,19,20). The molecule has 0 aromatic heterocycles. The first-order valence-corrected chi connectivity index (χ1v) is 9.44. The molecule has 0 heterocycles. The maximum absolute atomic E-state index is 11.5. The molecule has 0 saturated carbocycles. The van der Waals surface area contributed by atoms with Crippen molar-refractivity contribution >= 4 is 20.0 Å². The lowest BCUT2D eigenvalue weighted by Gasteiger charge is -2.25. The molecule has 140 valence electrons. The van der Waals surface area contributed by atoms with E-state index in [1.165, 1.54) is 0 Å². The van der Waals surface area contributed by atoms with Gasteiger partial charge < -0.3 is 19.1 Å². The van der Waals surface area contributed by atoms with Crippen LogP contribution in [0.4, 0.5) is 0 Å². The predicted octanol–water partition coefficient (Wildman–Crippen LogP) is 2.82. The molecule has 0 saturated heterocycles. The second-order valence-corrected chi connectivity index (χ2v) is 7.35. The van der Waals surface area contributed by atoms with E-state index < -0.39 is 19.3 Å². The molecule has 0 aliphatic rings. The summed E-state index contributed by atoms with van der Waals surface area (Å²) in [5.41, 5.74) is 0.300. The Morgan fingerprint density at radius 3 is 2.29 bits per heavy atom. The summed E-state index contributed by atoms with van der Waals surface area (Å²) < 4.78 is 26.4. The normalized spacial score (nSPS) is 14.5. The van der Waals surface area contributed by atoms with Gasteiger partial charge in [-0.15, -0.1) is 0 Å². The fourth-order valence-corrected chi connectivity index (χ4v) is 2.17. The minimum absolute atomic E-state index is 0.0151. The molecular formula is C16H29O7P. The van der Waals surface area contributed by atoms with Crippen LogP contribution in [0, 0.1) is 0 Å². The van der Waals surface area contributed by atoms with Gasteiger partial charge in [0, 0.05) is 18.6 Å². The van der Waals surface area contributed by atoms with Crippen molar-refractivity contribution in [2.45, 2.75) is 58.2 Å². The van der Waals surface area contributed by atoms with Crippen molar-refractivity contribution in [3.8, 4) is 0 Å². The molecule has 0 spiro atoms. The monoisotopic (exact) mass is 364 g/mol. The van der Waals surface area contributed by atoms with Crippen LogP contribution in [0.1, 0.15) is 52.9 Å². The number of esters is 2. The SMILES string of the molecule is C=C(C)C(=O)OCCOC(=O)CCCCCOC(C)(CC)[PH](=O)O. The third kappa shape index (κ3) is 9.85. The maximum atomic E-state index is 11.5. The maximum Gasteiger partial charge on any atom is 0.333 e. The molecule has 0 rings (SSSR count). The van der Waals surface area contributed by atoms with Crippen LogP contribution in [0.3, 0.4) is 0 Å². The van der Waals surface area contributed by atoms with Gasteiger partial charge in [-0.25, -0.2) is 4.79 Å². The van der Waals surface area contributed by atoms with Crippen molar-refractivity contribution in [3.63, 3.8) is 0 Å². The van der Waals surface area contributed by atoms with Gasteiger partial charge in [-0.1, -0.05) is 19.9 Å². The lowest BCUT2D eigenvalue weighted by molar-refractivity contribution is -0.150. The summed E-state index contributed by atoms with van der Waals surface area (Å²) >= 11 is 0. The Morgan fingerprint density at radius 2 is 1.75 bits per heavy atom. The first-order chi connectivity index (χ1) is 11.2. The fraction of sp³-hybridized carbons (Fsp3) is 0.750. The number of carbonyl (C=O) groups is 2. The van der Waals surface area contributed by atoms with Crippen LogP contribution in [0.15, 0.2) is 12.2 Å². The summed E-state index contributed by atoms with van der Waals surface area (Å²) in [6.45, 7) is 8.85. The van der Waals surface area contributed by atoms with E-state index in [2.05, 4.69) is 6.58 Å². The Balaban J connectivity index is 3.64. The van der Waals surface area contributed by atoms with Crippen LogP contribution >= 0.6 is 8.03 Å². The largest absolute Gasteiger partial charge is 0.462 e. The van der Waals surface area contributed by atoms with E-state index in [4.69, 9.17) is 14.2 Å². The number of carbonyl (C=O) groups excluding carboxylic acids is 2. The van der Waals surface area contributed by atoms with Crippen LogP contribution in [-0.4, -0.2) is 42.0 Å². The lowest BCUT2D eigenvalue weighted by Crippen LogP contribution is -2.23. The zero-order chi connectivity index (χ0) is 18.6. The number of rotatable bonds is 13. The van der Waals surface area contributed by atoms with E-state index in [0.717, 1.165) is 6.42 Å². The van der Waals surface area contributed by atoms with Crippen molar-refractivity contribution in [1.29, 1.82) is 0 Å². The van der Waals surface area contributed by atoms with Gasteiger partial charge in [0.25, 0.3) is 0 Å². The molecule has 0 bridgehead atoms. The van der Waals surface area contributed by atoms with Gasteiger partial charge in [0.2, 0.25) is 8.03 Å². The van der Waals surface area contributed by atoms with Gasteiger partial charge in [0.1, 0.15) is 18.6 Å². The molecule has 0 fully saturated rings. The minimum Gasteiger partial charge on any atom is -0.462 e. The van der Waals surface area contributed by atoms with E-state index in [-0.39, 0.29) is 25.6 Å². The van der Waals surface area contributed by atoms with E-state index in [1.54, 1.807) is 13.8 Å². The van der Waals surface area contributed by atoms with E-state index in [9.17, 15) is 19.0 Å². The van der Waals surface area contributed by atoms with E-state index >= 15 is 0 Å². The Bertz CT molecular complexity index is 450. The molecule has 8 heteroatoms. The highest BCUT2D eigenvalue weighted by atomic mass is 31.1. The number of hydrogen-bond acceptors (Lipinski definition) is 6. The van der Waals surface area contributed by atoms with Crippen LogP contribution in [-0.2, 0) is 28.4 Å². The zero-order valence-electron chi connectivity index (χ0n) is 14.8. The smallest absolute Gasteiger partial charge is 0.333 e. The van der Waals surface area contributed by atoms with Crippen LogP contribution in [0.2, 0.25) is 0 Å². The molecule has 0 aliphatic heterocycles. The molecule has 0 aromatic carbocycles. The second kappa shape index (κ2) is 12.2. The molecule has 2 atom stereocenters. The third-order valence-electron chi connectivity index (χ3n) is 3.50. The zero-order valence-corrected chi connectivity index (χ0v) is 15.8. The predicted molar refractivity (Wildman–Crippen MR) is 91.1 cm³/mol. The van der Waals surface area contributed by atoms with Crippen LogP contribution in [0.25, 0.3) is 0 Å². The van der Waals surface area contributed by atoms with Gasteiger partial charge in [-0.05, 0) is 33.1 Å². The van der Waals surface area contributed by atoms with Crippen LogP contribution in [0.5, 0.6) is 0 Å². The van der Waals surface area contributed by atoms with Crippen LogP contribution < -0.4 is 0 Å². The molecule has 0 amide bonds. The molecule has 0 aliphatic carbocycles. The quantitative estimate of drug-likeness (QED) is 0.232. The van der Waals surface area contributed by atoms with E-state index in [0.29, 0.717) is 31.4 Å². The summed E-state index contributed by atoms with van der Waals surface area (Å²) in [6.07, 6.45) is 2.85. The van der Waals surface area contributed by atoms with Crippen molar-refractivity contribution in [1.82, 2.24) is 0 Å². The van der Waals surface area contributed by atoms with Crippen molar-refractivity contribution in [3.05, 3.63) is 12.2 Å². The molecule has 7 nitrogen and oxygen atoms in total. The average molecular weight is 364 g/mol. The molecule has 0 radical (unpaired) electrons. The van der Waals surface area contributed by atoms with Crippen molar-refractivity contribution in [2.75, 3.05) is 19.8 Å². The van der Waals surface area contributed by atoms with E-state index in [1.807, 2.05) is 6.92 Å². The highest BCUT2D eigenvalue weighted by Gasteiger charge is 2.28. The number of hydrogen-bond donors (Lipinski definition) is 1. The Morgan fingerprint density at radius 1 is 1.12 bits per heavy atom. The molecule has 0 aromatic rings. The third-order valence-corrected chi connectivity index (χ3v) is 4.90. The summed E-state index contributed by atoms with van der Waals surface area (Å²) in [5.74, 6) is -0.850. The first-order valence-electron chi connectivity index (χ1n) is 8.08. The number of unbranched alkanes of at least 4 members (excludes halogenated alkanes) is 2. The number of ether oxygens (including phenoxy) is 3. The summed E-state index contributed by atoms with van der Waals surface area (Å²) in [7, 11) is -2.74. The Kier molecular flexibility index (Phi) is 11.6. The van der Waals surface area contributed by atoms with Gasteiger partial charge in [0.15, 0.2) is 0 Å². The first kappa shape index (κ1) is 22.8. The summed E-state index contributed by atoms with van der Waals surface area (Å²) in [4.78, 5) is 31.8. The fourth-order valence-electron chi connectivity index (χ4n) is 1.65. The molecule has 2 unspecified atom stereocenters. The van der Waals surface area contributed by atoms with Gasteiger partial charge >= 0.3 is 11.9 Å². The highest BCUT2D eigenvalue weighted by Crippen LogP contribution is 2.38. The van der Waals surface area contributed by atoms with Crippen molar-refractivity contribution < 1.29 is 33.3 Å². The average Bonchev–Trinajstić information content (AvgIpc) is 2.53. The Labute approximate surface area is 144 Å². The van der Waals surface area contributed by atoms with Crippen molar-refractivity contribution in [2.24, 2.45) is 0 Å². The highest BCUT2D eigenvalue weighted by molar-refractivity contribution is 7.39. The summed E-state index contributed by atoms with van der Waals surface area (Å²) in [5, 5.41) is -0.967. The second-order valence-electron chi connectivity index (χ2n) is 5.69. The Hall–Kier alpha value is -1.17. The molecule has 1 N–H and O–H groups in total. The lowest BCUT2D eigenvalue weighted by atomic mass is 10.2. The van der Waals surface area contributed by atoms with Gasteiger partial charge in [-0.2, -0.15) is 0 Å².